The highest BCUT2D eigenvalue weighted by atomic mass is 16.5. The van der Waals surface area contributed by atoms with E-state index in [1.165, 1.54) is 11.1 Å². The maximum Gasteiger partial charge on any atom is 0.319 e. The number of carbonyl (C=O) groups is 1. The minimum Gasteiger partial charge on any atom is -0.489 e. The molecule has 0 saturated heterocycles. The van der Waals surface area contributed by atoms with Crippen molar-refractivity contribution in [1.29, 1.82) is 0 Å². The summed E-state index contributed by atoms with van der Waals surface area (Å²) in [4.78, 5) is 16.5. The second kappa shape index (κ2) is 10.5. The molecule has 2 aromatic carbocycles. The third-order valence-corrected chi connectivity index (χ3v) is 5.47. The molecule has 0 heterocycles. The van der Waals surface area contributed by atoms with Gasteiger partial charge in [0.05, 0.1) is 30.6 Å². The topological polar surface area (TPSA) is 85.9 Å². The van der Waals surface area contributed by atoms with E-state index in [1.807, 2.05) is 52.0 Å². The first-order chi connectivity index (χ1) is 15.3. The van der Waals surface area contributed by atoms with Gasteiger partial charge >= 0.3 is 5.97 Å². The molecule has 1 aliphatic carbocycles. The number of nitrogens with one attached hydrogen (secondary N) is 1. The molecule has 0 spiro atoms. The van der Waals surface area contributed by atoms with Crippen molar-refractivity contribution in [3.05, 3.63) is 65.2 Å². The summed E-state index contributed by atoms with van der Waals surface area (Å²) in [5.41, 5.74) is 12.7. The molecule has 32 heavy (non-hydrogen) atoms. The summed E-state index contributed by atoms with van der Waals surface area (Å²) in [7, 11) is 0. The van der Waals surface area contributed by atoms with E-state index in [4.69, 9.17) is 20.2 Å². The molecule has 0 amide bonds. The predicted molar refractivity (Wildman–Crippen MR) is 130 cm³/mol. The third kappa shape index (κ3) is 5.56. The van der Waals surface area contributed by atoms with Crippen molar-refractivity contribution in [2.45, 2.75) is 52.7 Å². The van der Waals surface area contributed by atoms with Crippen molar-refractivity contribution >= 4 is 23.1 Å². The van der Waals surface area contributed by atoms with Gasteiger partial charge in [0.1, 0.15) is 5.75 Å². The summed E-state index contributed by atoms with van der Waals surface area (Å²) in [6.07, 6.45) is 1.90. The van der Waals surface area contributed by atoms with Crippen molar-refractivity contribution in [3.8, 4) is 5.75 Å². The number of nitrogens with two attached hydrogens (primary N) is 1. The highest BCUT2D eigenvalue weighted by Crippen LogP contribution is 2.36. The third-order valence-electron chi connectivity index (χ3n) is 5.47. The first-order valence-electron chi connectivity index (χ1n) is 11.1. The standard InChI is InChI=1S/C26H33N3O3/c1-6-31-26(30)15-28-24-12-11-21-20(8-7-9-22(21)24)18(5)29-17(4)19-10-13-25(23(27)14-19)32-16(2)3/h7-10,13-14,16,24,28H,5-6,11-12,15,27H2,1-4H3/b29-17+. The van der Waals surface area contributed by atoms with Crippen LogP contribution in [-0.2, 0) is 16.0 Å². The summed E-state index contributed by atoms with van der Waals surface area (Å²) in [6, 6.07) is 12.0. The Kier molecular flexibility index (Phi) is 7.70. The molecule has 2 aromatic rings. The Labute approximate surface area is 190 Å². The second-order valence-electron chi connectivity index (χ2n) is 8.21. The molecule has 3 rings (SSSR count). The Hall–Kier alpha value is -3.12. The number of nitrogen functional groups attached to an aromatic ring is 1. The van der Waals surface area contributed by atoms with E-state index in [0.29, 0.717) is 23.7 Å². The molecule has 0 fully saturated rings. The van der Waals surface area contributed by atoms with Gasteiger partial charge in [-0.15, -0.1) is 0 Å². The Morgan fingerprint density at radius 1 is 1.31 bits per heavy atom. The average Bonchev–Trinajstić information content (AvgIpc) is 3.16. The molecule has 6 heteroatoms. The van der Waals surface area contributed by atoms with Crippen molar-refractivity contribution in [2.75, 3.05) is 18.9 Å². The molecule has 0 bridgehead atoms. The van der Waals surface area contributed by atoms with E-state index < -0.39 is 0 Å². The molecule has 1 unspecified atom stereocenters. The van der Waals surface area contributed by atoms with Crippen LogP contribution in [0.3, 0.4) is 0 Å². The first-order valence-corrected chi connectivity index (χ1v) is 11.1. The number of hydrogen-bond acceptors (Lipinski definition) is 6. The van der Waals surface area contributed by atoms with E-state index in [0.717, 1.165) is 29.7 Å². The SMILES string of the molecule is C=C(/N=C(\C)c1ccc(OC(C)C)c(N)c1)c1cccc2c1CCC2NCC(=O)OCC. The fourth-order valence-electron chi connectivity index (χ4n) is 4.02. The summed E-state index contributed by atoms with van der Waals surface area (Å²) in [5, 5.41) is 3.31. The zero-order chi connectivity index (χ0) is 23.3. The minimum absolute atomic E-state index is 0.0634. The van der Waals surface area contributed by atoms with Crippen LogP contribution in [0, 0.1) is 0 Å². The number of esters is 1. The molecule has 0 aromatic heterocycles. The van der Waals surface area contributed by atoms with Crippen LogP contribution in [0.2, 0.25) is 0 Å². The maximum atomic E-state index is 11.7. The van der Waals surface area contributed by atoms with E-state index >= 15 is 0 Å². The quantitative estimate of drug-likeness (QED) is 0.339. The van der Waals surface area contributed by atoms with Crippen LogP contribution in [0.1, 0.15) is 62.4 Å². The number of fused-ring (bicyclic) bond motifs is 1. The van der Waals surface area contributed by atoms with Crippen molar-refractivity contribution < 1.29 is 14.3 Å². The molecule has 1 atom stereocenters. The van der Waals surface area contributed by atoms with Gasteiger partial charge in [-0.1, -0.05) is 24.8 Å². The fraction of sp³-hybridized carbons (Fsp3) is 0.385. The van der Waals surface area contributed by atoms with Crippen LogP contribution in [0.4, 0.5) is 5.69 Å². The monoisotopic (exact) mass is 435 g/mol. The molecule has 3 N–H and O–H groups in total. The Balaban J connectivity index is 1.77. The Morgan fingerprint density at radius 3 is 2.78 bits per heavy atom. The van der Waals surface area contributed by atoms with E-state index in [2.05, 4.69) is 24.0 Å². The van der Waals surface area contributed by atoms with Crippen LogP contribution in [0.15, 0.2) is 48.0 Å². The number of nitrogens with zero attached hydrogens (tertiary/aromatic N) is 1. The lowest BCUT2D eigenvalue weighted by molar-refractivity contribution is -0.142. The van der Waals surface area contributed by atoms with E-state index in [9.17, 15) is 4.79 Å². The number of aliphatic imine (C=N–C) groups is 1. The van der Waals surface area contributed by atoms with Crippen molar-refractivity contribution in [3.63, 3.8) is 0 Å². The number of ether oxygens (including phenoxy) is 2. The maximum absolute atomic E-state index is 11.7. The van der Waals surface area contributed by atoms with Crippen molar-refractivity contribution in [1.82, 2.24) is 5.32 Å². The van der Waals surface area contributed by atoms with Crippen LogP contribution >= 0.6 is 0 Å². The van der Waals surface area contributed by atoms with Gasteiger partial charge in [0.25, 0.3) is 0 Å². The summed E-state index contributed by atoms with van der Waals surface area (Å²) < 4.78 is 10.7. The zero-order valence-corrected chi connectivity index (χ0v) is 19.4. The average molecular weight is 436 g/mol. The zero-order valence-electron chi connectivity index (χ0n) is 19.4. The van der Waals surface area contributed by atoms with Gasteiger partial charge in [0, 0.05) is 17.3 Å². The van der Waals surface area contributed by atoms with Gasteiger partial charge in [0.15, 0.2) is 0 Å². The molecular weight excluding hydrogens is 402 g/mol. The Bertz CT molecular complexity index is 1030. The summed E-state index contributed by atoms with van der Waals surface area (Å²) >= 11 is 0. The molecule has 1 aliphatic rings. The highest BCUT2D eigenvalue weighted by Gasteiger charge is 2.25. The first kappa shape index (κ1) is 23.5. The normalized spacial score (nSPS) is 15.5. The van der Waals surface area contributed by atoms with Gasteiger partial charge < -0.3 is 20.5 Å². The number of hydrogen-bond donors (Lipinski definition) is 2. The molecular formula is C26H33N3O3. The smallest absolute Gasteiger partial charge is 0.319 e. The van der Waals surface area contributed by atoms with Gasteiger partial charge in [-0.25, -0.2) is 0 Å². The van der Waals surface area contributed by atoms with Crippen LogP contribution in [0.5, 0.6) is 5.75 Å². The van der Waals surface area contributed by atoms with Crippen molar-refractivity contribution in [2.24, 2.45) is 4.99 Å². The van der Waals surface area contributed by atoms with Crippen LogP contribution < -0.4 is 15.8 Å². The van der Waals surface area contributed by atoms with Gasteiger partial charge in [-0.3, -0.25) is 9.79 Å². The summed E-state index contributed by atoms with van der Waals surface area (Å²) in [5.74, 6) is 0.448. The molecule has 170 valence electrons. The number of anilines is 1. The predicted octanol–water partition coefficient (Wildman–Crippen LogP) is 4.68. The lowest BCUT2D eigenvalue weighted by Crippen LogP contribution is -2.27. The molecule has 6 nitrogen and oxygen atoms in total. The number of benzene rings is 2. The van der Waals surface area contributed by atoms with Crippen LogP contribution in [0.25, 0.3) is 5.70 Å². The fourth-order valence-corrected chi connectivity index (χ4v) is 4.02. The van der Waals surface area contributed by atoms with E-state index in [-0.39, 0.29) is 24.7 Å². The van der Waals surface area contributed by atoms with Crippen LogP contribution in [-0.4, -0.2) is 30.9 Å². The van der Waals surface area contributed by atoms with E-state index in [1.54, 1.807) is 0 Å². The second-order valence-corrected chi connectivity index (χ2v) is 8.21. The largest absolute Gasteiger partial charge is 0.489 e. The number of carbonyl (C=O) groups excluding carboxylic acids is 1. The lowest BCUT2D eigenvalue weighted by Gasteiger charge is -2.15. The van der Waals surface area contributed by atoms with Gasteiger partial charge in [-0.05, 0) is 75.4 Å². The highest BCUT2D eigenvalue weighted by molar-refractivity contribution is 6.02. The Morgan fingerprint density at radius 2 is 2.09 bits per heavy atom. The molecule has 0 saturated carbocycles. The van der Waals surface area contributed by atoms with Gasteiger partial charge in [-0.2, -0.15) is 0 Å². The molecule has 0 aliphatic heterocycles. The minimum atomic E-state index is -0.231. The molecule has 0 radical (unpaired) electrons. The number of rotatable bonds is 9. The van der Waals surface area contributed by atoms with Gasteiger partial charge in [0.2, 0.25) is 0 Å². The summed E-state index contributed by atoms with van der Waals surface area (Å²) in [6.45, 7) is 12.5. The lowest BCUT2D eigenvalue weighted by atomic mass is 10.00.